The number of amides is 1. The molecule has 6 nitrogen and oxygen atoms in total. The lowest BCUT2D eigenvalue weighted by molar-refractivity contribution is -0.150. The minimum Gasteiger partial charge on any atom is -0.482 e. The van der Waals surface area contributed by atoms with Crippen LogP contribution < -0.4 is 10.1 Å². The van der Waals surface area contributed by atoms with Crippen molar-refractivity contribution in [3.8, 4) is 11.8 Å². The number of nitrogens with zero attached hydrogens (tertiary/aromatic N) is 1. The van der Waals surface area contributed by atoms with Gasteiger partial charge in [-0.1, -0.05) is 0 Å². The van der Waals surface area contributed by atoms with E-state index in [1.165, 1.54) is 7.05 Å². The average Bonchev–Trinajstić information content (AvgIpc) is 2.42. The van der Waals surface area contributed by atoms with Crippen molar-refractivity contribution in [3.05, 3.63) is 29.8 Å². The summed E-state index contributed by atoms with van der Waals surface area (Å²) < 4.78 is 9.75. The van der Waals surface area contributed by atoms with Crippen molar-refractivity contribution in [2.24, 2.45) is 0 Å². The number of nitriles is 1. The number of ether oxygens (including phenoxy) is 2. The summed E-state index contributed by atoms with van der Waals surface area (Å²) in [6, 6.07) is 8.26. The number of benzene rings is 1. The van der Waals surface area contributed by atoms with Crippen molar-refractivity contribution < 1.29 is 19.1 Å². The number of likely N-dealkylation sites (N-methyl/N-ethyl adjacent to an activating group) is 1. The van der Waals surface area contributed by atoms with E-state index in [4.69, 9.17) is 10.00 Å². The lowest BCUT2D eigenvalue weighted by Gasteiger charge is -2.06. The van der Waals surface area contributed by atoms with Crippen LogP contribution in [0.2, 0.25) is 0 Å². The molecule has 1 rings (SSSR count). The Kier molecular flexibility index (Phi) is 5.19. The summed E-state index contributed by atoms with van der Waals surface area (Å²) in [6.45, 7) is -0.616. The molecule has 0 aliphatic rings. The highest BCUT2D eigenvalue weighted by atomic mass is 16.6. The molecule has 0 unspecified atom stereocenters. The van der Waals surface area contributed by atoms with Gasteiger partial charge in [0.1, 0.15) is 5.75 Å². The molecule has 18 heavy (non-hydrogen) atoms. The highest BCUT2D eigenvalue weighted by Crippen LogP contribution is 2.11. The monoisotopic (exact) mass is 248 g/mol. The maximum absolute atomic E-state index is 11.2. The van der Waals surface area contributed by atoms with Gasteiger partial charge >= 0.3 is 5.97 Å². The Morgan fingerprint density at radius 1 is 1.28 bits per heavy atom. The zero-order valence-corrected chi connectivity index (χ0v) is 9.80. The topological polar surface area (TPSA) is 88.4 Å². The first-order valence-corrected chi connectivity index (χ1v) is 5.15. The van der Waals surface area contributed by atoms with E-state index in [1.807, 2.05) is 6.07 Å². The maximum Gasteiger partial charge on any atom is 0.344 e. The quantitative estimate of drug-likeness (QED) is 0.753. The number of rotatable bonds is 5. The van der Waals surface area contributed by atoms with E-state index in [-0.39, 0.29) is 19.1 Å². The Morgan fingerprint density at radius 3 is 2.50 bits per heavy atom. The van der Waals surface area contributed by atoms with Crippen LogP contribution in [0.1, 0.15) is 5.56 Å². The molecule has 0 bridgehead atoms. The number of hydrogen-bond acceptors (Lipinski definition) is 5. The standard InChI is InChI=1S/C12H12N2O4/c1-14-11(15)7-18-12(16)8-17-10-4-2-9(6-13)3-5-10/h2-5H,7-8H2,1H3,(H,14,15). The Hall–Kier alpha value is -2.55. The molecule has 0 saturated heterocycles. The fourth-order valence-corrected chi connectivity index (χ4v) is 1.03. The lowest BCUT2D eigenvalue weighted by Crippen LogP contribution is -2.26. The molecule has 0 aromatic heterocycles. The Balaban J connectivity index is 2.33. The molecule has 1 amide bonds. The summed E-state index contributed by atoms with van der Waals surface area (Å²) in [5, 5.41) is 10.9. The van der Waals surface area contributed by atoms with Crippen LogP contribution in [0.15, 0.2) is 24.3 Å². The summed E-state index contributed by atoms with van der Waals surface area (Å²) >= 11 is 0. The molecule has 0 fully saturated rings. The van der Waals surface area contributed by atoms with Crippen LogP contribution in [0, 0.1) is 11.3 Å². The number of carbonyl (C=O) groups excluding carboxylic acids is 2. The van der Waals surface area contributed by atoms with Gasteiger partial charge in [-0.2, -0.15) is 5.26 Å². The molecular weight excluding hydrogens is 236 g/mol. The van der Waals surface area contributed by atoms with Crippen LogP contribution in [-0.4, -0.2) is 32.1 Å². The van der Waals surface area contributed by atoms with Gasteiger partial charge in [-0.25, -0.2) is 4.79 Å². The Morgan fingerprint density at radius 2 is 1.94 bits per heavy atom. The first-order chi connectivity index (χ1) is 8.65. The first kappa shape index (κ1) is 13.5. The van der Waals surface area contributed by atoms with Crippen molar-refractivity contribution in [3.63, 3.8) is 0 Å². The molecule has 6 heteroatoms. The molecule has 0 radical (unpaired) electrons. The molecule has 0 saturated carbocycles. The molecular formula is C12H12N2O4. The fraction of sp³-hybridized carbons (Fsp3) is 0.250. The second-order valence-electron chi connectivity index (χ2n) is 3.26. The zero-order valence-electron chi connectivity index (χ0n) is 9.80. The van der Waals surface area contributed by atoms with Gasteiger partial charge < -0.3 is 14.8 Å². The van der Waals surface area contributed by atoms with E-state index in [1.54, 1.807) is 24.3 Å². The third-order valence-corrected chi connectivity index (χ3v) is 1.98. The van der Waals surface area contributed by atoms with Crippen molar-refractivity contribution in [2.45, 2.75) is 0 Å². The highest BCUT2D eigenvalue weighted by Gasteiger charge is 2.07. The number of carbonyl (C=O) groups is 2. The van der Waals surface area contributed by atoms with Crippen molar-refractivity contribution in [1.82, 2.24) is 5.32 Å². The lowest BCUT2D eigenvalue weighted by atomic mass is 10.2. The molecule has 1 aromatic rings. The van der Waals surface area contributed by atoms with Gasteiger partial charge in [0.05, 0.1) is 11.6 Å². The van der Waals surface area contributed by atoms with E-state index in [2.05, 4.69) is 10.1 Å². The SMILES string of the molecule is CNC(=O)COC(=O)COc1ccc(C#N)cc1. The van der Waals surface area contributed by atoms with Crippen LogP contribution in [0.5, 0.6) is 5.75 Å². The van der Waals surface area contributed by atoms with Crippen LogP contribution in [0.4, 0.5) is 0 Å². The number of hydrogen-bond donors (Lipinski definition) is 1. The predicted octanol–water partition coefficient (Wildman–Crippen LogP) is 0.226. The zero-order chi connectivity index (χ0) is 13.4. The van der Waals surface area contributed by atoms with E-state index < -0.39 is 5.97 Å². The summed E-state index contributed by atoms with van der Waals surface area (Å²) in [4.78, 5) is 22.0. The first-order valence-electron chi connectivity index (χ1n) is 5.15. The third kappa shape index (κ3) is 4.53. The smallest absolute Gasteiger partial charge is 0.344 e. The molecule has 0 spiro atoms. The van der Waals surface area contributed by atoms with Gasteiger partial charge in [0.25, 0.3) is 5.91 Å². The van der Waals surface area contributed by atoms with Crippen LogP contribution >= 0.6 is 0 Å². The van der Waals surface area contributed by atoms with Crippen LogP contribution in [-0.2, 0) is 14.3 Å². The maximum atomic E-state index is 11.2. The highest BCUT2D eigenvalue weighted by molar-refractivity contribution is 5.80. The van der Waals surface area contributed by atoms with Crippen molar-refractivity contribution in [1.29, 1.82) is 5.26 Å². The normalized spacial score (nSPS) is 9.11. The minimum atomic E-state index is -0.636. The van der Waals surface area contributed by atoms with Gasteiger partial charge in [-0.3, -0.25) is 4.79 Å². The Bertz CT molecular complexity index is 462. The molecule has 0 aliphatic heterocycles. The molecule has 94 valence electrons. The summed E-state index contributed by atoms with van der Waals surface area (Å²) in [6.07, 6.45) is 0. The Labute approximate surface area is 104 Å². The van der Waals surface area contributed by atoms with E-state index in [0.717, 1.165) is 0 Å². The van der Waals surface area contributed by atoms with Gasteiger partial charge in [0, 0.05) is 7.05 Å². The number of nitrogens with one attached hydrogen (secondary N) is 1. The predicted molar refractivity (Wildman–Crippen MR) is 61.7 cm³/mol. The van der Waals surface area contributed by atoms with Crippen LogP contribution in [0.3, 0.4) is 0 Å². The summed E-state index contributed by atoms with van der Waals surface area (Å²) in [5.74, 6) is -0.574. The molecule has 1 aromatic carbocycles. The van der Waals surface area contributed by atoms with E-state index in [9.17, 15) is 9.59 Å². The fourth-order valence-electron chi connectivity index (χ4n) is 1.03. The second-order valence-corrected chi connectivity index (χ2v) is 3.26. The molecule has 1 N–H and O–H groups in total. The van der Waals surface area contributed by atoms with Crippen molar-refractivity contribution in [2.75, 3.05) is 20.3 Å². The summed E-state index contributed by atoms with van der Waals surface area (Å²) in [5.41, 5.74) is 0.504. The van der Waals surface area contributed by atoms with Crippen molar-refractivity contribution >= 4 is 11.9 Å². The van der Waals surface area contributed by atoms with E-state index >= 15 is 0 Å². The second kappa shape index (κ2) is 6.91. The van der Waals surface area contributed by atoms with E-state index in [0.29, 0.717) is 11.3 Å². The number of esters is 1. The molecule has 0 heterocycles. The summed E-state index contributed by atoms with van der Waals surface area (Å²) in [7, 11) is 1.45. The van der Waals surface area contributed by atoms with Crippen LogP contribution in [0.25, 0.3) is 0 Å². The average molecular weight is 248 g/mol. The largest absolute Gasteiger partial charge is 0.482 e. The molecule has 0 atom stereocenters. The minimum absolute atomic E-state index is 0.289. The third-order valence-electron chi connectivity index (χ3n) is 1.98. The van der Waals surface area contributed by atoms with Gasteiger partial charge in [-0.15, -0.1) is 0 Å². The van der Waals surface area contributed by atoms with Gasteiger partial charge in [0.15, 0.2) is 13.2 Å². The van der Waals surface area contributed by atoms with Gasteiger partial charge in [0.2, 0.25) is 0 Å². The molecule has 0 aliphatic carbocycles. The van der Waals surface area contributed by atoms with Gasteiger partial charge in [-0.05, 0) is 24.3 Å².